The quantitative estimate of drug-likeness (QED) is 0.0665. The first-order chi connectivity index (χ1) is 35.4. The molecule has 13 N–H and O–H groups in total. The van der Waals surface area contributed by atoms with E-state index in [1.165, 1.54) is 13.8 Å². The number of fused-ring (bicyclic) bond motifs is 7. The number of aliphatic hydroxyl groups is 11. The Morgan fingerprint density at radius 2 is 1.18 bits per heavy atom. The first-order valence-electron chi connectivity index (χ1n) is 26.8. The molecule has 24 nitrogen and oxygen atoms in total. The SMILES string of the molecule is C[C@H]1O[C@@H](O[C@@H]2[C@@H](OC(=O)[C@@]34CCC(C)(C)C[C@H]3C3=CC[C@H]5[C@@]6(C)C[C@@H](O)[C@H](O[C@@H]7O[C@H](C(=O)O)[C@@H](O)[C@@H](O)[C@H]7O)[C@](C)(C(=O)O)[C@H]6CC[C@@]5(C)[C@@]3(C)CC4)OC[C@@H](O)[C@@H]2O)[C@H](O)[C@@H](O)[C@H]1O[C@@H]1OC[C@H](O)[C@H](O)[C@@H]1O. The van der Waals surface area contributed by atoms with Gasteiger partial charge < -0.3 is 104 Å². The lowest BCUT2D eigenvalue weighted by atomic mass is 9.33. The van der Waals surface area contributed by atoms with Crippen LogP contribution in [0.25, 0.3) is 0 Å². The molecule has 0 spiro atoms. The molecule has 4 aliphatic heterocycles. The minimum absolute atomic E-state index is 0.0600. The molecule has 0 aromatic heterocycles. The Kier molecular flexibility index (Phi) is 15.6. The third kappa shape index (κ3) is 9.09. The number of carbonyl (C=O) groups excluding carboxylic acids is 1. The monoisotopic (exact) mass is 1090 g/mol. The molecule has 0 radical (unpaired) electrons. The maximum Gasteiger partial charge on any atom is 0.335 e. The molecule has 432 valence electrons. The molecule has 4 saturated heterocycles. The molecule has 4 heterocycles. The number of ether oxygens (including phenoxy) is 8. The number of carboxylic acids is 2. The van der Waals surface area contributed by atoms with Crippen LogP contribution in [-0.4, -0.2) is 220 Å². The van der Waals surface area contributed by atoms with E-state index in [1.807, 2.05) is 6.92 Å². The van der Waals surface area contributed by atoms with E-state index in [2.05, 4.69) is 33.8 Å². The predicted molar refractivity (Wildman–Crippen MR) is 253 cm³/mol. The van der Waals surface area contributed by atoms with Crippen molar-refractivity contribution in [3.8, 4) is 0 Å². The highest BCUT2D eigenvalue weighted by molar-refractivity contribution is 5.79. The van der Waals surface area contributed by atoms with Gasteiger partial charge in [-0.05, 0) is 111 Å². The number of aliphatic carboxylic acids is 2. The summed E-state index contributed by atoms with van der Waals surface area (Å²) in [6.07, 6.45) is -27.3. The fraction of sp³-hybridized carbons (Fsp3) is 0.904. The molecule has 9 rings (SSSR count). The van der Waals surface area contributed by atoms with Gasteiger partial charge in [-0.25, -0.2) is 4.79 Å². The molecule has 0 aromatic rings. The average Bonchev–Trinajstić information content (AvgIpc) is 3.34. The second kappa shape index (κ2) is 20.4. The van der Waals surface area contributed by atoms with Crippen molar-refractivity contribution in [1.29, 1.82) is 0 Å². The van der Waals surface area contributed by atoms with E-state index < -0.39 is 180 Å². The Morgan fingerprint density at radius 1 is 0.592 bits per heavy atom. The van der Waals surface area contributed by atoms with Crippen LogP contribution in [0, 0.1) is 50.2 Å². The van der Waals surface area contributed by atoms with E-state index in [4.69, 9.17) is 37.9 Å². The van der Waals surface area contributed by atoms with Gasteiger partial charge in [0, 0.05) is 0 Å². The zero-order chi connectivity index (χ0) is 55.7. The van der Waals surface area contributed by atoms with E-state index in [9.17, 15) is 76.0 Å². The smallest absolute Gasteiger partial charge is 0.335 e. The number of allylic oxidation sites excluding steroid dienone is 2. The van der Waals surface area contributed by atoms with Crippen LogP contribution in [0.15, 0.2) is 11.6 Å². The van der Waals surface area contributed by atoms with E-state index in [1.54, 1.807) is 0 Å². The van der Waals surface area contributed by atoms with Crippen molar-refractivity contribution in [1.82, 2.24) is 0 Å². The number of carboxylic acid groups (broad SMARTS) is 2. The zero-order valence-corrected chi connectivity index (χ0v) is 43.9. The van der Waals surface area contributed by atoms with E-state index in [0.29, 0.717) is 51.4 Å². The van der Waals surface area contributed by atoms with Crippen LogP contribution in [0.2, 0.25) is 0 Å². The van der Waals surface area contributed by atoms with Crippen LogP contribution >= 0.6 is 0 Å². The normalized spacial score (nSPS) is 54.1. The minimum atomic E-state index is -2.01. The molecule has 0 bridgehead atoms. The summed E-state index contributed by atoms with van der Waals surface area (Å²) in [5.41, 5.74) is -4.00. The van der Waals surface area contributed by atoms with Crippen LogP contribution in [0.1, 0.15) is 106 Å². The Balaban J connectivity index is 0.957. The van der Waals surface area contributed by atoms with Crippen molar-refractivity contribution in [2.45, 2.75) is 229 Å². The highest BCUT2D eigenvalue weighted by Crippen LogP contribution is 2.76. The molecule has 28 atom stereocenters. The predicted octanol–water partition coefficient (Wildman–Crippen LogP) is -1.60. The van der Waals surface area contributed by atoms with E-state index in [0.717, 1.165) is 5.57 Å². The largest absolute Gasteiger partial charge is 0.481 e. The Hall–Kier alpha value is -2.57. The van der Waals surface area contributed by atoms with Crippen LogP contribution in [0.4, 0.5) is 0 Å². The van der Waals surface area contributed by atoms with E-state index >= 15 is 4.79 Å². The van der Waals surface area contributed by atoms with Crippen molar-refractivity contribution < 1.29 is 119 Å². The highest BCUT2D eigenvalue weighted by Gasteiger charge is 2.73. The first-order valence-corrected chi connectivity index (χ1v) is 26.8. The Morgan fingerprint density at radius 3 is 1.84 bits per heavy atom. The molecule has 8 fully saturated rings. The number of esters is 1. The number of aliphatic hydroxyl groups excluding tert-OH is 11. The summed E-state index contributed by atoms with van der Waals surface area (Å²) < 4.78 is 46.7. The summed E-state index contributed by atoms with van der Waals surface area (Å²) in [5, 5.41) is 140. The molecule has 0 amide bonds. The van der Waals surface area contributed by atoms with Gasteiger partial charge in [-0.3, -0.25) is 9.59 Å². The molecule has 0 unspecified atom stereocenters. The van der Waals surface area contributed by atoms with Crippen molar-refractivity contribution in [2.24, 2.45) is 50.2 Å². The molecule has 4 saturated carbocycles. The van der Waals surface area contributed by atoms with Gasteiger partial charge in [0.1, 0.15) is 73.2 Å². The standard InChI is InChI=1S/C52H80O24/c1-20-36(72-41-33(61)28(56)24(54)18-69-41)32(60)35(63)42(71-20)74-38-29(57)25(55)19-70-44(38)76-46(68)52-14-12-47(2,3)16-22(52)21-8-9-26-48(4)17-23(53)39(75-43-34(62)30(58)31(59)37(73-43)40(64)65)51(7,45(66)67)27(48)10-11-50(26,6)49(21,5)13-15-52/h8,20,22-39,41-44,53-63H,9-19H2,1-7H3,(H,64,65)(H,66,67)/t20-,22+,23-,24+,25-,26+,27+,28+,29+,30-,31+,32-,33+,34-,35-,36+,37+,38+,39+,41+,42+,43+,44-,48-,49+,50-,51-,52-/m1/s1. The van der Waals surface area contributed by atoms with Gasteiger partial charge >= 0.3 is 17.9 Å². The molecular weight excluding hydrogens is 1010 g/mol. The molecule has 5 aliphatic carbocycles. The highest BCUT2D eigenvalue weighted by atomic mass is 16.8. The lowest BCUT2D eigenvalue weighted by molar-refractivity contribution is -0.368. The summed E-state index contributed by atoms with van der Waals surface area (Å²) in [6.45, 7) is 12.8. The van der Waals surface area contributed by atoms with Gasteiger partial charge in [-0.15, -0.1) is 0 Å². The Bertz CT molecular complexity index is 2220. The van der Waals surface area contributed by atoms with Gasteiger partial charge in [0.05, 0.1) is 36.3 Å². The van der Waals surface area contributed by atoms with Crippen LogP contribution in [0.5, 0.6) is 0 Å². The van der Waals surface area contributed by atoms with Crippen LogP contribution < -0.4 is 0 Å². The third-order valence-corrected chi connectivity index (χ3v) is 20.6. The first kappa shape index (κ1) is 58.1. The number of hydrogen-bond donors (Lipinski definition) is 13. The fourth-order valence-electron chi connectivity index (χ4n) is 16.0. The third-order valence-electron chi connectivity index (χ3n) is 20.6. The summed E-state index contributed by atoms with van der Waals surface area (Å²) in [6, 6.07) is 0. The lowest BCUT2D eigenvalue weighted by Gasteiger charge is -2.71. The molecule has 9 aliphatic rings. The minimum Gasteiger partial charge on any atom is -0.481 e. The van der Waals surface area contributed by atoms with Crippen molar-refractivity contribution in [3.05, 3.63) is 11.6 Å². The van der Waals surface area contributed by atoms with Crippen LogP contribution in [-0.2, 0) is 52.3 Å². The zero-order valence-electron chi connectivity index (χ0n) is 43.9. The summed E-state index contributed by atoms with van der Waals surface area (Å²) in [7, 11) is 0. The number of carbonyl (C=O) groups is 3. The lowest BCUT2D eigenvalue weighted by Crippen LogP contribution is -2.70. The molecular formula is C52H80O24. The maximum atomic E-state index is 15.3. The molecule has 24 heteroatoms. The van der Waals surface area contributed by atoms with Gasteiger partial charge in [-0.1, -0.05) is 46.3 Å². The number of hydrogen-bond acceptors (Lipinski definition) is 22. The Labute approximate surface area is 439 Å². The maximum absolute atomic E-state index is 15.3. The van der Waals surface area contributed by atoms with Gasteiger partial charge in [-0.2, -0.15) is 0 Å². The molecule has 0 aromatic carbocycles. The fourth-order valence-corrected chi connectivity index (χ4v) is 16.0. The number of rotatable bonds is 10. The molecule has 76 heavy (non-hydrogen) atoms. The van der Waals surface area contributed by atoms with E-state index in [-0.39, 0.29) is 30.3 Å². The van der Waals surface area contributed by atoms with Gasteiger partial charge in [0.15, 0.2) is 31.1 Å². The van der Waals surface area contributed by atoms with Crippen molar-refractivity contribution >= 4 is 17.9 Å². The summed E-state index contributed by atoms with van der Waals surface area (Å²) in [5.74, 6) is -4.75. The van der Waals surface area contributed by atoms with Crippen molar-refractivity contribution in [3.63, 3.8) is 0 Å². The van der Waals surface area contributed by atoms with Crippen LogP contribution in [0.3, 0.4) is 0 Å². The average molecular weight is 1090 g/mol. The summed E-state index contributed by atoms with van der Waals surface area (Å²) in [4.78, 5) is 40.9. The van der Waals surface area contributed by atoms with Gasteiger partial charge in [0.25, 0.3) is 0 Å². The van der Waals surface area contributed by atoms with Gasteiger partial charge in [0.2, 0.25) is 6.29 Å². The van der Waals surface area contributed by atoms with Crippen molar-refractivity contribution in [2.75, 3.05) is 13.2 Å². The topological polar surface area (TPSA) is 388 Å². The second-order valence-corrected chi connectivity index (χ2v) is 25.3. The summed E-state index contributed by atoms with van der Waals surface area (Å²) >= 11 is 0. The second-order valence-electron chi connectivity index (χ2n) is 25.3.